The van der Waals surface area contributed by atoms with Crippen LogP contribution in [0.2, 0.25) is 15.2 Å². The number of fused-ring (bicyclic) bond motifs is 1. The smallest absolute Gasteiger partial charge is 0.267 e. The largest absolute Gasteiger partial charge is 0.281 e. The third kappa shape index (κ3) is 2.16. The normalized spacial score (nSPS) is 10.9. The lowest BCUT2D eigenvalue weighted by Crippen LogP contribution is -2.13. The Kier molecular flexibility index (Phi) is 3.38. The standard InChI is InChI=1S/C13H6Cl3N3O/c14-7-2-1-3-8(15)11(7)12-9-4-5-10(16)18-19(9)6-17-13(12)20/h1-6H. The van der Waals surface area contributed by atoms with Crippen LogP contribution in [0.3, 0.4) is 0 Å². The Morgan fingerprint density at radius 1 is 0.950 bits per heavy atom. The number of hydrogen-bond acceptors (Lipinski definition) is 3. The lowest BCUT2D eigenvalue weighted by Gasteiger charge is -2.09. The van der Waals surface area contributed by atoms with Gasteiger partial charge in [-0.1, -0.05) is 40.9 Å². The summed E-state index contributed by atoms with van der Waals surface area (Å²) in [7, 11) is 0. The summed E-state index contributed by atoms with van der Waals surface area (Å²) < 4.78 is 1.42. The van der Waals surface area contributed by atoms with Crippen molar-refractivity contribution < 1.29 is 0 Å². The van der Waals surface area contributed by atoms with Crippen LogP contribution in [-0.4, -0.2) is 14.6 Å². The predicted molar refractivity (Wildman–Crippen MR) is 79.7 cm³/mol. The molecule has 0 saturated carbocycles. The molecule has 0 aliphatic rings. The molecule has 0 aliphatic heterocycles. The molecule has 2 heterocycles. The summed E-state index contributed by atoms with van der Waals surface area (Å²) >= 11 is 18.2. The first kappa shape index (κ1) is 13.4. The number of benzene rings is 1. The topological polar surface area (TPSA) is 47.3 Å². The maximum Gasteiger partial charge on any atom is 0.281 e. The first-order valence-corrected chi connectivity index (χ1v) is 6.70. The highest BCUT2D eigenvalue weighted by Gasteiger charge is 2.16. The van der Waals surface area contributed by atoms with E-state index in [1.54, 1.807) is 30.3 Å². The summed E-state index contributed by atoms with van der Waals surface area (Å²) in [6.45, 7) is 0. The number of rotatable bonds is 1. The van der Waals surface area contributed by atoms with Gasteiger partial charge in [0.25, 0.3) is 5.56 Å². The molecule has 0 amide bonds. The molecule has 20 heavy (non-hydrogen) atoms. The summed E-state index contributed by atoms with van der Waals surface area (Å²) in [6.07, 6.45) is 1.30. The van der Waals surface area contributed by atoms with Crippen molar-refractivity contribution in [3.05, 3.63) is 62.2 Å². The van der Waals surface area contributed by atoms with E-state index >= 15 is 0 Å². The molecule has 0 N–H and O–H groups in total. The maximum absolute atomic E-state index is 12.1. The minimum absolute atomic E-state index is 0.291. The summed E-state index contributed by atoms with van der Waals surface area (Å²) in [5.41, 5.74) is 0.844. The highest BCUT2D eigenvalue weighted by Crippen LogP contribution is 2.34. The Balaban J connectivity index is 2.47. The minimum atomic E-state index is -0.427. The fraction of sp³-hybridized carbons (Fsp3) is 0. The number of hydrogen-bond donors (Lipinski definition) is 0. The lowest BCUT2D eigenvalue weighted by atomic mass is 10.1. The van der Waals surface area contributed by atoms with Gasteiger partial charge in [0.05, 0.1) is 21.1 Å². The van der Waals surface area contributed by atoms with Gasteiger partial charge in [0.15, 0.2) is 0 Å². The molecule has 0 bridgehead atoms. The summed E-state index contributed by atoms with van der Waals surface area (Å²) in [5, 5.41) is 5.10. The number of nitrogens with zero attached hydrogens (tertiary/aromatic N) is 3. The van der Waals surface area contributed by atoms with Crippen LogP contribution in [0.1, 0.15) is 0 Å². The van der Waals surface area contributed by atoms with Gasteiger partial charge in [-0.25, -0.2) is 4.52 Å². The average molecular weight is 327 g/mol. The van der Waals surface area contributed by atoms with Crippen molar-refractivity contribution in [3.63, 3.8) is 0 Å². The van der Waals surface area contributed by atoms with Crippen LogP contribution in [0.15, 0.2) is 41.5 Å². The monoisotopic (exact) mass is 325 g/mol. The Morgan fingerprint density at radius 3 is 2.35 bits per heavy atom. The molecular formula is C13H6Cl3N3O. The van der Waals surface area contributed by atoms with Gasteiger partial charge in [-0.2, -0.15) is 10.1 Å². The summed E-state index contributed by atoms with van der Waals surface area (Å²) in [6, 6.07) is 8.29. The average Bonchev–Trinajstić information content (AvgIpc) is 2.41. The molecule has 100 valence electrons. The van der Waals surface area contributed by atoms with E-state index in [9.17, 15) is 4.79 Å². The highest BCUT2D eigenvalue weighted by atomic mass is 35.5. The second-order valence-corrected chi connectivity index (χ2v) is 5.21. The molecule has 0 unspecified atom stereocenters. The van der Waals surface area contributed by atoms with Crippen LogP contribution in [0, 0.1) is 0 Å². The molecule has 0 saturated heterocycles. The minimum Gasteiger partial charge on any atom is -0.267 e. The Morgan fingerprint density at radius 2 is 1.65 bits per heavy atom. The highest BCUT2D eigenvalue weighted by molar-refractivity contribution is 6.39. The van der Waals surface area contributed by atoms with E-state index in [4.69, 9.17) is 34.8 Å². The van der Waals surface area contributed by atoms with E-state index in [0.29, 0.717) is 31.8 Å². The molecule has 0 radical (unpaired) electrons. The maximum atomic E-state index is 12.1. The molecule has 0 fully saturated rings. The zero-order valence-electron chi connectivity index (χ0n) is 9.85. The van der Waals surface area contributed by atoms with Gasteiger partial charge < -0.3 is 0 Å². The van der Waals surface area contributed by atoms with Gasteiger partial charge in [0.2, 0.25) is 0 Å². The third-order valence-corrected chi connectivity index (χ3v) is 3.63. The molecular weight excluding hydrogens is 321 g/mol. The van der Waals surface area contributed by atoms with Crippen LogP contribution in [0.4, 0.5) is 0 Å². The Hall–Kier alpha value is -1.62. The van der Waals surface area contributed by atoms with Gasteiger partial charge in [0.1, 0.15) is 11.5 Å². The fourth-order valence-corrected chi connectivity index (χ4v) is 2.68. The van der Waals surface area contributed by atoms with Crippen LogP contribution in [0.25, 0.3) is 16.6 Å². The predicted octanol–water partition coefficient (Wildman–Crippen LogP) is 3.72. The molecule has 0 atom stereocenters. The van der Waals surface area contributed by atoms with E-state index in [2.05, 4.69) is 10.1 Å². The fourth-order valence-electron chi connectivity index (χ4n) is 1.95. The molecule has 3 aromatic rings. The van der Waals surface area contributed by atoms with Crippen LogP contribution in [-0.2, 0) is 0 Å². The van der Waals surface area contributed by atoms with Crippen molar-refractivity contribution in [1.29, 1.82) is 0 Å². The van der Waals surface area contributed by atoms with Crippen molar-refractivity contribution in [1.82, 2.24) is 14.6 Å². The van der Waals surface area contributed by atoms with E-state index in [-0.39, 0.29) is 0 Å². The number of halogens is 3. The second-order valence-electron chi connectivity index (χ2n) is 4.01. The molecule has 7 heteroatoms. The van der Waals surface area contributed by atoms with E-state index in [1.165, 1.54) is 10.8 Å². The lowest BCUT2D eigenvalue weighted by molar-refractivity contribution is 0.884. The molecule has 3 rings (SSSR count). The second kappa shape index (κ2) is 5.05. The zero-order valence-corrected chi connectivity index (χ0v) is 12.1. The molecule has 2 aromatic heterocycles. The molecule has 0 spiro atoms. The summed E-state index contributed by atoms with van der Waals surface area (Å²) in [5.74, 6) is 0. The molecule has 1 aromatic carbocycles. The van der Waals surface area contributed by atoms with Gasteiger partial charge >= 0.3 is 0 Å². The van der Waals surface area contributed by atoms with Crippen molar-refractivity contribution >= 4 is 40.3 Å². The van der Waals surface area contributed by atoms with Gasteiger partial charge in [-0.15, -0.1) is 0 Å². The van der Waals surface area contributed by atoms with E-state index in [1.807, 2.05) is 0 Å². The summed E-state index contributed by atoms with van der Waals surface area (Å²) in [4.78, 5) is 15.9. The quantitative estimate of drug-likeness (QED) is 0.685. The number of aromatic nitrogens is 3. The van der Waals surface area contributed by atoms with Gasteiger partial charge in [-0.05, 0) is 24.3 Å². The Bertz CT molecular complexity index is 856. The van der Waals surface area contributed by atoms with Gasteiger partial charge in [0, 0.05) is 5.56 Å². The first-order valence-electron chi connectivity index (χ1n) is 5.56. The SMILES string of the molecule is O=c1ncn2nc(Cl)ccc2c1-c1c(Cl)cccc1Cl. The zero-order chi connectivity index (χ0) is 14.3. The van der Waals surface area contributed by atoms with Crippen LogP contribution in [0.5, 0.6) is 0 Å². The van der Waals surface area contributed by atoms with Crippen molar-refractivity contribution in [2.45, 2.75) is 0 Å². The van der Waals surface area contributed by atoms with E-state index in [0.717, 1.165) is 0 Å². The van der Waals surface area contributed by atoms with Crippen molar-refractivity contribution in [2.24, 2.45) is 0 Å². The molecule has 0 aliphatic carbocycles. The van der Waals surface area contributed by atoms with E-state index < -0.39 is 5.56 Å². The Labute approximate surface area is 128 Å². The third-order valence-electron chi connectivity index (χ3n) is 2.80. The van der Waals surface area contributed by atoms with Crippen molar-refractivity contribution in [2.75, 3.05) is 0 Å². The van der Waals surface area contributed by atoms with Gasteiger partial charge in [-0.3, -0.25) is 4.79 Å². The first-order chi connectivity index (χ1) is 9.58. The van der Waals surface area contributed by atoms with Crippen molar-refractivity contribution in [3.8, 4) is 11.1 Å². The molecule has 4 nitrogen and oxygen atoms in total. The van der Waals surface area contributed by atoms with Crippen LogP contribution >= 0.6 is 34.8 Å². The van der Waals surface area contributed by atoms with Crippen LogP contribution < -0.4 is 5.56 Å².